The average Bonchev–Trinajstić information content (AvgIpc) is 2.30. The molecular formula is C12H19BrN2O2S. The first-order chi connectivity index (χ1) is 8.41. The van der Waals surface area contributed by atoms with E-state index in [2.05, 4.69) is 15.9 Å². The Morgan fingerprint density at radius 3 is 2.33 bits per heavy atom. The maximum Gasteiger partial charge on any atom is 0.282 e. The molecule has 0 atom stereocenters. The number of halogens is 1. The summed E-state index contributed by atoms with van der Waals surface area (Å²) in [6.45, 7) is 5.03. The largest absolute Gasteiger partial charge is 0.282 e. The molecule has 1 aromatic rings. The van der Waals surface area contributed by atoms with Crippen LogP contribution in [0.1, 0.15) is 19.4 Å². The van der Waals surface area contributed by atoms with Gasteiger partial charge in [-0.1, -0.05) is 41.9 Å². The quantitative estimate of drug-likeness (QED) is 0.801. The van der Waals surface area contributed by atoms with Gasteiger partial charge in [-0.2, -0.15) is 17.0 Å². The molecule has 0 heterocycles. The highest BCUT2D eigenvalue weighted by Gasteiger charge is 2.24. The van der Waals surface area contributed by atoms with Crippen LogP contribution in [0.15, 0.2) is 28.7 Å². The zero-order valence-corrected chi connectivity index (χ0v) is 13.3. The second kappa shape index (κ2) is 6.65. The number of rotatable bonds is 6. The highest BCUT2D eigenvalue weighted by molar-refractivity contribution is 9.10. The summed E-state index contributed by atoms with van der Waals surface area (Å²) in [6.07, 6.45) is 0. The summed E-state index contributed by atoms with van der Waals surface area (Å²) < 4.78 is 28.2. The van der Waals surface area contributed by atoms with Gasteiger partial charge in [0.25, 0.3) is 10.2 Å². The predicted octanol–water partition coefficient (Wildman–Crippen LogP) is 2.47. The van der Waals surface area contributed by atoms with Crippen molar-refractivity contribution in [3.8, 4) is 0 Å². The Morgan fingerprint density at radius 2 is 1.83 bits per heavy atom. The lowest BCUT2D eigenvalue weighted by atomic mass is 10.2. The van der Waals surface area contributed by atoms with Crippen LogP contribution >= 0.6 is 15.9 Å². The molecule has 0 radical (unpaired) electrons. The van der Waals surface area contributed by atoms with E-state index in [1.54, 1.807) is 7.05 Å². The van der Waals surface area contributed by atoms with Crippen LogP contribution in [-0.4, -0.2) is 37.2 Å². The average molecular weight is 335 g/mol. The van der Waals surface area contributed by atoms with Crippen molar-refractivity contribution in [2.75, 3.05) is 20.1 Å². The molecule has 0 amide bonds. The standard InChI is InChI=1S/C12H19BrN2O2S/c1-4-15(5-2)18(16,17)14(3)10-11-7-6-8-12(13)9-11/h6-9H,4-5,10H2,1-3H3. The highest BCUT2D eigenvalue weighted by atomic mass is 79.9. The fourth-order valence-electron chi connectivity index (χ4n) is 1.72. The molecule has 102 valence electrons. The smallest absolute Gasteiger partial charge is 0.195 e. The number of nitrogens with zero attached hydrogens (tertiary/aromatic N) is 2. The molecule has 0 saturated heterocycles. The summed E-state index contributed by atoms with van der Waals surface area (Å²) in [5, 5.41) is 0. The molecule has 0 unspecified atom stereocenters. The van der Waals surface area contributed by atoms with E-state index in [4.69, 9.17) is 0 Å². The molecule has 0 bridgehead atoms. The summed E-state index contributed by atoms with van der Waals surface area (Å²) in [6, 6.07) is 7.66. The van der Waals surface area contributed by atoms with E-state index in [0.717, 1.165) is 10.0 Å². The van der Waals surface area contributed by atoms with E-state index in [0.29, 0.717) is 19.6 Å². The summed E-state index contributed by atoms with van der Waals surface area (Å²) >= 11 is 3.38. The topological polar surface area (TPSA) is 40.6 Å². The van der Waals surface area contributed by atoms with Gasteiger partial charge in [-0.25, -0.2) is 0 Å². The van der Waals surface area contributed by atoms with E-state index in [9.17, 15) is 8.42 Å². The van der Waals surface area contributed by atoms with E-state index >= 15 is 0 Å². The molecule has 0 aliphatic carbocycles. The molecule has 4 nitrogen and oxygen atoms in total. The third-order valence-corrected chi connectivity index (χ3v) is 5.30. The van der Waals surface area contributed by atoms with Crippen LogP contribution < -0.4 is 0 Å². The van der Waals surface area contributed by atoms with Gasteiger partial charge in [0.15, 0.2) is 0 Å². The van der Waals surface area contributed by atoms with E-state index < -0.39 is 10.2 Å². The Kier molecular flexibility index (Phi) is 5.78. The van der Waals surface area contributed by atoms with Crippen molar-refractivity contribution in [1.29, 1.82) is 0 Å². The lowest BCUT2D eigenvalue weighted by Crippen LogP contribution is -2.41. The van der Waals surface area contributed by atoms with Gasteiger partial charge in [0.2, 0.25) is 0 Å². The number of hydrogen-bond donors (Lipinski definition) is 0. The van der Waals surface area contributed by atoms with Crippen LogP contribution in [0.2, 0.25) is 0 Å². The summed E-state index contributed by atoms with van der Waals surface area (Å²) in [5.74, 6) is 0. The van der Waals surface area contributed by atoms with Crippen molar-refractivity contribution >= 4 is 26.1 Å². The van der Waals surface area contributed by atoms with Crippen LogP contribution in [-0.2, 0) is 16.8 Å². The van der Waals surface area contributed by atoms with Gasteiger partial charge in [0, 0.05) is 31.2 Å². The van der Waals surface area contributed by atoms with Gasteiger partial charge in [-0.15, -0.1) is 0 Å². The second-order valence-corrected chi connectivity index (χ2v) is 6.93. The van der Waals surface area contributed by atoms with E-state index in [1.807, 2.05) is 38.1 Å². The fourth-order valence-corrected chi connectivity index (χ4v) is 3.53. The van der Waals surface area contributed by atoms with Gasteiger partial charge < -0.3 is 0 Å². The van der Waals surface area contributed by atoms with Crippen molar-refractivity contribution in [2.24, 2.45) is 0 Å². The van der Waals surface area contributed by atoms with Crippen molar-refractivity contribution < 1.29 is 8.42 Å². The van der Waals surface area contributed by atoms with E-state index in [-0.39, 0.29) is 0 Å². The van der Waals surface area contributed by atoms with Gasteiger partial charge in [0.05, 0.1) is 0 Å². The molecule has 0 saturated carbocycles. The lowest BCUT2D eigenvalue weighted by Gasteiger charge is -2.25. The van der Waals surface area contributed by atoms with Crippen LogP contribution in [0.5, 0.6) is 0 Å². The molecule has 1 rings (SSSR count). The van der Waals surface area contributed by atoms with Gasteiger partial charge in [-0.05, 0) is 17.7 Å². The zero-order chi connectivity index (χ0) is 13.8. The first-order valence-electron chi connectivity index (χ1n) is 5.87. The summed E-state index contributed by atoms with van der Waals surface area (Å²) in [5.41, 5.74) is 0.961. The highest BCUT2D eigenvalue weighted by Crippen LogP contribution is 2.15. The Labute approximate surface area is 118 Å². The van der Waals surface area contributed by atoms with Gasteiger partial charge in [0.1, 0.15) is 0 Å². The lowest BCUT2D eigenvalue weighted by molar-refractivity contribution is 0.375. The molecule has 0 fully saturated rings. The minimum absolute atomic E-state index is 0.373. The van der Waals surface area contributed by atoms with Crippen LogP contribution in [0.3, 0.4) is 0 Å². The molecule has 0 N–H and O–H groups in total. The molecule has 0 aromatic heterocycles. The first kappa shape index (κ1) is 15.6. The summed E-state index contributed by atoms with van der Waals surface area (Å²) in [7, 11) is -1.76. The SMILES string of the molecule is CCN(CC)S(=O)(=O)N(C)Cc1cccc(Br)c1. The van der Waals surface area contributed by atoms with Crippen molar-refractivity contribution in [3.63, 3.8) is 0 Å². The maximum absolute atomic E-state index is 12.2. The monoisotopic (exact) mass is 334 g/mol. The third kappa shape index (κ3) is 3.78. The second-order valence-electron chi connectivity index (χ2n) is 3.98. The molecular weight excluding hydrogens is 316 g/mol. The first-order valence-corrected chi connectivity index (χ1v) is 8.06. The zero-order valence-electron chi connectivity index (χ0n) is 10.9. The Hall–Kier alpha value is -0.430. The van der Waals surface area contributed by atoms with Gasteiger partial charge in [-0.3, -0.25) is 0 Å². The Morgan fingerprint density at radius 1 is 1.22 bits per heavy atom. The molecule has 0 aliphatic rings. The third-order valence-electron chi connectivity index (χ3n) is 2.72. The molecule has 6 heteroatoms. The Balaban J connectivity index is 2.85. The normalized spacial score (nSPS) is 12.3. The van der Waals surface area contributed by atoms with Gasteiger partial charge >= 0.3 is 0 Å². The maximum atomic E-state index is 12.2. The fraction of sp³-hybridized carbons (Fsp3) is 0.500. The molecule has 1 aromatic carbocycles. The van der Waals surface area contributed by atoms with Crippen molar-refractivity contribution in [2.45, 2.75) is 20.4 Å². The Bertz CT molecular complexity index is 487. The van der Waals surface area contributed by atoms with E-state index in [1.165, 1.54) is 8.61 Å². The summed E-state index contributed by atoms with van der Waals surface area (Å²) in [4.78, 5) is 0. The number of benzene rings is 1. The molecule has 0 spiro atoms. The molecule has 18 heavy (non-hydrogen) atoms. The predicted molar refractivity (Wildman–Crippen MR) is 77.4 cm³/mol. The van der Waals surface area contributed by atoms with Crippen LogP contribution in [0.4, 0.5) is 0 Å². The van der Waals surface area contributed by atoms with Crippen LogP contribution in [0, 0.1) is 0 Å². The minimum atomic E-state index is -3.36. The van der Waals surface area contributed by atoms with Crippen molar-refractivity contribution in [3.05, 3.63) is 34.3 Å². The van der Waals surface area contributed by atoms with Crippen LogP contribution in [0.25, 0.3) is 0 Å². The number of hydrogen-bond acceptors (Lipinski definition) is 2. The molecule has 0 aliphatic heterocycles. The van der Waals surface area contributed by atoms with Crippen molar-refractivity contribution in [1.82, 2.24) is 8.61 Å². The minimum Gasteiger partial charge on any atom is -0.195 e.